The summed E-state index contributed by atoms with van der Waals surface area (Å²) in [6, 6.07) is 40.9. The average Bonchev–Trinajstić information content (AvgIpc) is 3.15. The summed E-state index contributed by atoms with van der Waals surface area (Å²) in [7, 11) is 0. The maximum Gasteiger partial charge on any atom is 0.149 e. The zero-order chi connectivity index (χ0) is 34.0. The summed E-state index contributed by atoms with van der Waals surface area (Å²) in [5.41, 5.74) is 7.24. The van der Waals surface area contributed by atoms with Gasteiger partial charge in [0.15, 0.2) is 0 Å². The summed E-state index contributed by atoms with van der Waals surface area (Å²) in [4.78, 5) is 0. The molecule has 254 valence electrons. The summed E-state index contributed by atoms with van der Waals surface area (Å²) in [6.45, 7) is 3.71. The molecule has 1 fully saturated rings. The number of rotatable bonds is 14. The Morgan fingerprint density at radius 3 is 1.88 bits per heavy atom. The molecule has 1 aliphatic heterocycles. The molecular formula is C42H42BrClO5. The van der Waals surface area contributed by atoms with E-state index in [2.05, 4.69) is 71.4 Å². The number of halogens is 2. The van der Waals surface area contributed by atoms with Crippen LogP contribution in [-0.2, 0) is 51.6 Å². The summed E-state index contributed by atoms with van der Waals surface area (Å²) in [5, 5.41) is 11.6. The maximum absolute atomic E-state index is 11.3. The lowest BCUT2D eigenvalue weighted by Crippen LogP contribution is -2.50. The predicted molar refractivity (Wildman–Crippen MR) is 198 cm³/mol. The van der Waals surface area contributed by atoms with Gasteiger partial charge >= 0.3 is 0 Å². The summed E-state index contributed by atoms with van der Waals surface area (Å²) in [5.74, 6) is 0.00373. The van der Waals surface area contributed by atoms with Crippen LogP contribution in [0.3, 0.4) is 0 Å². The van der Waals surface area contributed by atoms with E-state index < -0.39 is 18.3 Å². The molecule has 0 aliphatic carbocycles. The molecule has 0 aromatic heterocycles. The lowest BCUT2D eigenvalue weighted by molar-refractivity contribution is -0.222. The number of phenols is 1. The highest BCUT2D eigenvalue weighted by atomic mass is 79.9. The van der Waals surface area contributed by atoms with Crippen LogP contribution in [0.25, 0.3) is 0 Å². The fraction of sp³-hybridized carbons (Fsp3) is 0.286. The fourth-order valence-electron chi connectivity index (χ4n) is 6.23. The molecule has 0 amide bonds. The number of hydrogen-bond donors (Lipinski definition) is 1. The summed E-state index contributed by atoms with van der Waals surface area (Å²) in [6.07, 6.45) is 0.427. The highest BCUT2D eigenvalue weighted by Crippen LogP contribution is 2.45. The van der Waals surface area contributed by atoms with Gasteiger partial charge in [-0.3, -0.25) is 0 Å². The third-order valence-corrected chi connectivity index (χ3v) is 10.2. The molecule has 4 atom stereocenters. The summed E-state index contributed by atoms with van der Waals surface area (Å²) >= 11 is 10.4. The van der Waals surface area contributed by atoms with E-state index in [0.717, 1.165) is 39.8 Å². The molecule has 49 heavy (non-hydrogen) atoms. The van der Waals surface area contributed by atoms with Crippen molar-refractivity contribution in [3.8, 4) is 5.75 Å². The zero-order valence-electron chi connectivity index (χ0n) is 27.6. The molecule has 5 nitrogen and oxygen atoms in total. The van der Waals surface area contributed by atoms with Gasteiger partial charge in [0, 0.05) is 6.42 Å². The Morgan fingerprint density at radius 2 is 1.29 bits per heavy atom. The first-order chi connectivity index (χ1) is 24.0. The Labute approximate surface area is 302 Å². The molecule has 5 aromatic carbocycles. The van der Waals surface area contributed by atoms with Crippen molar-refractivity contribution in [3.63, 3.8) is 0 Å². The minimum Gasteiger partial charge on any atom is -0.505 e. The standard InChI is InChI=1S/C42H42BrClO5/c1-2-29-18-20-30(21-19-29)22-34-23-35(39(43)41(45)40(34)44)36-24-37(47-26-32-14-8-4-9-15-32)42(48-27-33-16-10-5-11-17-33)38(49-36)28-46-25-31-12-6-3-7-13-31/h3-21,23,36-38,42,45H,2,22,24-28H2,1H3. The predicted octanol–water partition coefficient (Wildman–Crippen LogP) is 10.2. The minimum absolute atomic E-state index is 0.00373. The molecule has 1 saturated heterocycles. The van der Waals surface area contributed by atoms with Crippen LogP contribution in [0.4, 0.5) is 0 Å². The van der Waals surface area contributed by atoms with E-state index in [4.69, 9.17) is 30.5 Å². The highest BCUT2D eigenvalue weighted by molar-refractivity contribution is 9.10. The van der Waals surface area contributed by atoms with Gasteiger partial charge in [0.2, 0.25) is 0 Å². The van der Waals surface area contributed by atoms with Gasteiger partial charge in [-0.2, -0.15) is 0 Å². The van der Waals surface area contributed by atoms with Crippen molar-refractivity contribution in [1.82, 2.24) is 0 Å². The van der Waals surface area contributed by atoms with Crippen molar-refractivity contribution >= 4 is 27.5 Å². The Kier molecular flexibility index (Phi) is 12.6. The molecule has 0 radical (unpaired) electrons. The molecule has 0 spiro atoms. The van der Waals surface area contributed by atoms with E-state index in [9.17, 15) is 5.11 Å². The Balaban J connectivity index is 1.31. The number of hydrogen-bond acceptors (Lipinski definition) is 5. The first kappa shape index (κ1) is 35.3. The maximum atomic E-state index is 11.3. The number of aryl methyl sites for hydroxylation is 1. The monoisotopic (exact) mass is 740 g/mol. The van der Waals surface area contributed by atoms with Crippen LogP contribution < -0.4 is 0 Å². The van der Waals surface area contributed by atoms with Crippen LogP contribution in [0.2, 0.25) is 5.02 Å². The number of benzene rings is 5. The molecule has 5 aromatic rings. The van der Waals surface area contributed by atoms with Crippen molar-refractivity contribution in [3.05, 3.63) is 170 Å². The van der Waals surface area contributed by atoms with Gasteiger partial charge in [-0.15, -0.1) is 0 Å². The van der Waals surface area contributed by atoms with Crippen LogP contribution in [-0.4, -0.2) is 30.0 Å². The number of aromatic hydroxyl groups is 1. The van der Waals surface area contributed by atoms with Crippen LogP contribution in [0.15, 0.2) is 126 Å². The van der Waals surface area contributed by atoms with Gasteiger partial charge in [0.25, 0.3) is 0 Å². The molecule has 1 aliphatic rings. The van der Waals surface area contributed by atoms with E-state index in [0.29, 0.717) is 48.8 Å². The van der Waals surface area contributed by atoms with E-state index in [-0.39, 0.29) is 11.9 Å². The Morgan fingerprint density at radius 1 is 0.735 bits per heavy atom. The highest BCUT2D eigenvalue weighted by Gasteiger charge is 2.42. The van der Waals surface area contributed by atoms with Crippen LogP contribution in [0.5, 0.6) is 5.75 Å². The van der Waals surface area contributed by atoms with Gasteiger partial charge in [0.05, 0.1) is 48.1 Å². The van der Waals surface area contributed by atoms with Gasteiger partial charge in [0.1, 0.15) is 18.0 Å². The second-order valence-electron chi connectivity index (χ2n) is 12.4. The molecule has 7 heteroatoms. The zero-order valence-corrected chi connectivity index (χ0v) is 30.0. The average molecular weight is 742 g/mol. The number of ether oxygens (including phenoxy) is 4. The second-order valence-corrected chi connectivity index (χ2v) is 13.6. The quantitative estimate of drug-likeness (QED) is 0.123. The normalized spacial score (nSPS) is 19.2. The van der Waals surface area contributed by atoms with Gasteiger partial charge in [-0.1, -0.05) is 134 Å². The lowest BCUT2D eigenvalue weighted by Gasteiger charge is -2.42. The Bertz CT molecular complexity index is 1750. The van der Waals surface area contributed by atoms with E-state index >= 15 is 0 Å². The Hall–Kier alpha value is -3.49. The van der Waals surface area contributed by atoms with Crippen LogP contribution in [0, 0.1) is 0 Å². The minimum atomic E-state index is -0.457. The SMILES string of the molecule is CCc1ccc(Cc2cc(C3CC(OCc4ccccc4)C(OCc4ccccc4)C(COCc4ccccc4)O3)c(Br)c(O)c2Cl)cc1. The smallest absolute Gasteiger partial charge is 0.149 e. The largest absolute Gasteiger partial charge is 0.505 e. The molecule has 0 bridgehead atoms. The molecule has 4 unspecified atom stereocenters. The van der Waals surface area contributed by atoms with Crippen LogP contribution in [0.1, 0.15) is 58.4 Å². The molecule has 0 saturated carbocycles. The number of phenolic OH excluding ortho intramolecular Hbond substituents is 1. The third-order valence-electron chi connectivity index (χ3n) is 8.96. The fourth-order valence-corrected chi connectivity index (χ4v) is 7.13. The van der Waals surface area contributed by atoms with Crippen molar-refractivity contribution in [1.29, 1.82) is 0 Å². The molecule has 1 heterocycles. The summed E-state index contributed by atoms with van der Waals surface area (Å²) < 4.78 is 27.0. The van der Waals surface area contributed by atoms with Crippen molar-refractivity contribution < 1.29 is 24.1 Å². The van der Waals surface area contributed by atoms with Crippen molar-refractivity contribution in [2.45, 2.75) is 70.4 Å². The molecular weight excluding hydrogens is 700 g/mol. The van der Waals surface area contributed by atoms with E-state index in [1.165, 1.54) is 5.56 Å². The lowest BCUT2D eigenvalue weighted by atomic mass is 9.91. The van der Waals surface area contributed by atoms with Crippen molar-refractivity contribution in [2.75, 3.05) is 6.61 Å². The second kappa shape index (κ2) is 17.4. The van der Waals surface area contributed by atoms with Gasteiger partial charge in [-0.05, 0) is 73.8 Å². The van der Waals surface area contributed by atoms with E-state index in [1.54, 1.807) is 0 Å². The third kappa shape index (κ3) is 9.40. The first-order valence-corrected chi connectivity index (χ1v) is 18.0. The van der Waals surface area contributed by atoms with Crippen molar-refractivity contribution in [2.24, 2.45) is 0 Å². The van der Waals surface area contributed by atoms with Gasteiger partial charge in [-0.25, -0.2) is 0 Å². The van der Waals surface area contributed by atoms with E-state index in [1.807, 2.05) is 72.8 Å². The first-order valence-electron chi connectivity index (χ1n) is 16.8. The van der Waals surface area contributed by atoms with Crippen LogP contribution >= 0.6 is 27.5 Å². The topological polar surface area (TPSA) is 57.2 Å². The molecule has 6 rings (SSSR count). The van der Waals surface area contributed by atoms with Gasteiger partial charge < -0.3 is 24.1 Å². The molecule has 1 N–H and O–H groups in total.